The fourth-order valence-corrected chi connectivity index (χ4v) is 4.84. The highest BCUT2D eigenvalue weighted by Gasteiger charge is 2.51. The lowest BCUT2D eigenvalue weighted by molar-refractivity contribution is -0.117. The van der Waals surface area contributed by atoms with Crippen molar-refractivity contribution in [3.63, 3.8) is 0 Å². The molecule has 0 fully saturated rings. The molecule has 0 aromatic heterocycles. The van der Waals surface area contributed by atoms with Gasteiger partial charge in [-0.15, -0.1) is 0 Å². The van der Waals surface area contributed by atoms with Crippen LogP contribution < -0.4 is 5.32 Å². The zero-order valence-corrected chi connectivity index (χ0v) is 15.4. The number of allylic oxidation sites excluding steroid dienone is 2. The molecule has 0 amide bonds. The maximum atomic E-state index is 13.1. The third kappa shape index (κ3) is 2.14. The number of nitrogens with one attached hydrogen (secondary N) is 1. The van der Waals surface area contributed by atoms with Crippen LogP contribution in [0.2, 0.25) is 0 Å². The van der Waals surface area contributed by atoms with Crippen molar-refractivity contribution in [2.24, 2.45) is 16.1 Å². The van der Waals surface area contributed by atoms with Gasteiger partial charge in [0.2, 0.25) is 0 Å². The van der Waals surface area contributed by atoms with Crippen LogP contribution >= 0.6 is 15.9 Å². The van der Waals surface area contributed by atoms with Crippen molar-refractivity contribution in [2.45, 2.75) is 44.7 Å². The summed E-state index contributed by atoms with van der Waals surface area (Å²) in [5.74, 6) is 0.619. The molecular formula is C19H20BrN3O. The zero-order chi connectivity index (χ0) is 16.9. The molecule has 3 aliphatic rings. The third-order valence-electron chi connectivity index (χ3n) is 5.42. The minimum atomic E-state index is -0.435. The van der Waals surface area contributed by atoms with Gasteiger partial charge in [0.25, 0.3) is 0 Å². The van der Waals surface area contributed by atoms with Crippen molar-refractivity contribution in [3.05, 3.63) is 57.3 Å². The van der Waals surface area contributed by atoms with Gasteiger partial charge < -0.3 is 5.32 Å². The molecule has 2 aliphatic heterocycles. The van der Waals surface area contributed by atoms with E-state index in [1.165, 1.54) is 0 Å². The molecule has 1 unspecified atom stereocenters. The lowest BCUT2D eigenvalue weighted by atomic mass is 9.60. The van der Waals surface area contributed by atoms with Crippen LogP contribution in [0.15, 0.2) is 62.0 Å². The second-order valence-electron chi connectivity index (χ2n) is 6.92. The summed E-state index contributed by atoms with van der Waals surface area (Å²) in [6.45, 7) is 4.29. The molecule has 1 N–H and O–H groups in total. The SMILES string of the molecule is CC[C@@]1(c2cccc(Br)c2)C2=CN=NC2NC2=C1C(=O)C[C@H](C)C2. The maximum Gasteiger partial charge on any atom is 0.164 e. The van der Waals surface area contributed by atoms with E-state index in [2.05, 4.69) is 57.5 Å². The van der Waals surface area contributed by atoms with Crippen LogP contribution in [-0.4, -0.2) is 11.9 Å². The summed E-state index contributed by atoms with van der Waals surface area (Å²) < 4.78 is 1.02. The number of hydrogen-bond acceptors (Lipinski definition) is 4. The van der Waals surface area contributed by atoms with E-state index in [-0.39, 0.29) is 11.9 Å². The van der Waals surface area contributed by atoms with Crippen LogP contribution in [-0.2, 0) is 10.2 Å². The fraction of sp³-hybridized carbons (Fsp3) is 0.421. The van der Waals surface area contributed by atoms with Crippen molar-refractivity contribution in [1.82, 2.24) is 5.32 Å². The first kappa shape index (κ1) is 15.8. The first-order valence-electron chi connectivity index (χ1n) is 8.46. The Morgan fingerprint density at radius 2 is 2.21 bits per heavy atom. The lowest BCUT2D eigenvalue weighted by Gasteiger charge is -2.46. The lowest BCUT2D eigenvalue weighted by Crippen LogP contribution is -2.50. The molecule has 1 aromatic rings. The summed E-state index contributed by atoms with van der Waals surface area (Å²) in [7, 11) is 0. The average Bonchev–Trinajstić information content (AvgIpc) is 3.01. The number of halogens is 1. The van der Waals surface area contributed by atoms with Gasteiger partial charge in [-0.2, -0.15) is 10.2 Å². The van der Waals surface area contributed by atoms with Crippen LogP contribution in [0.5, 0.6) is 0 Å². The summed E-state index contributed by atoms with van der Waals surface area (Å²) in [5, 5.41) is 12.0. The molecule has 4 nitrogen and oxygen atoms in total. The number of carbonyl (C=O) groups excluding carboxylic acids is 1. The van der Waals surface area contributed by atoms with E-state index in [9.17, 15) is 4.79 Å². The monoisotopic (exact) mass is 385 g/mol. The van der Waals surface area contributed by atoms with Gasteiger partial charge in [-0.3, -0.25) is 4.79 Å². The first-order valence-corrected chi connectivity index (χ1v) is 9.25. The van der Waals surface area contributed by atoms with E-state index >= 15 is 0 Å². The first-order chi connectivity index (χ1) is 11.6. The van der Waals surface area contributed by atoms with Crippen molar-refractivity contribution in [1.29, 1.82) is 0 Å². The van der Waals surface area contributed by atoms with Crippen LogP contribution in [0, 0.1) is 5.92 Å². The molecule has 0 saturated carbocycles. The van der Waals surface area contributed by atoms with E-state index in [4.69, 9.17) is 0 Å². The van der Waals surface area contributed by atoms with Gasteiger partial charge in [-0.25, -0.2) is 0 Å². The molecule has 4 rings (SSSR count). The number of Topliss-reactive ketones (excluding diaryl/α,β-unsaturated/α-hetero) is 1. The molecule has 2 heterocycles. The largest absolute Gasteiger partial charge is 0.362 e. The molecule has 24 heavy (non-hydrogen) atoms. The average molecular weight is 386 g/mol. The zero-order valence-electron chi connectivity index (χ0n) is 13.8. The Hall–Kier alpha value is -1.75. The Kier molecular flexibility index (Phi) is 3.71. The molecule has 0 saturated heterocycles. The molecule has 5 heteroatoms. The van der Waals surface area contributed by atoms with E-state index < -0.39 is 5.41 Å². The van der Waals surface area contributed by atoms with Gasteiger partial charge in [0, 0.05) is 27.7 Å². The third-order valence-corrected chi connectivity index (χ3v) is 5.91. The Morgan fingerprint density at radius 3 is 2.96 bits per heavy atom. The summed E-state index contributed by atoms with van der Waals surface area (Å²) in [6.07, 6.45) is 4.02. The fourth-order valence-electron chi connectivity index (χ4n) is 4.44. The predicted octanol–water partition coefficient (Wildman–Crippen LogP) is 4.63. The molecule has 124 valence electrons. The van der Waals surface area contributed by atoms with E-state index in [1.807, 2.05) is 18.3 Å². The van der Waals surface area contributed by atoms with Crippen LogP contribution in [0.25, 0.3) is 0 Å². The normalized spacial score (nSPS) is 31.5. The molecule has 0 spiro atoms. The van der Waals surface area contributed by atoms with E-state index in [0.29, 0.717) is 12.3 Å². The van der Waals surface area contributed by atoms with Gasteiger partial charge >= 0.3 is 0 Å². The second kappa shape index (κ2) is 5.66. The van der Waals surface area contributed by atoms with Crippen molar-refractivity contribution in [2.75, 3.05) is 0 Å². The highest BCUT2D eigenvalue weighted by Crippen LogP contribution is 2.52. The number of carbonyl (C=O) groups is 1. The Labute approximate surface area is 150 Å². The Morgan fingerprint density at radius 1 is 1.38 bits per heavy atom. The predicted molar refractivity (Wildman–Crippen MR) is 96.4 cm³/mol. The van der Waals surface area contributed by atoms with E-state index in [1.54, 1.807) is 0 Å². The number of ketones is 1. The van der Waals surface area contributed by atoms with Gasteiger partial charge in [-0.05, 0) is 36.5 Å². The number of benzene rings is 1. The summed E-state index contributed by atoms with van der Waals surface area (Å²) in [6, 6.07) is 8.30. The molecule has 1 aliphatic carbocycles. The van der Waals surface area contributed by atoms with Crippen molar-refractivity contribution in [3.8, 4) is 0 Å². The number of azo groups is 1. The highest BCUT2D eigenvalue weighted by molar-refractivity contribution is 9.10. The highest BCUT2D eigenvalue weighted by atomic mass is 79.9. The number of fused-ring (bicyclic) bond motifs is 1. The van der Waals surface area contributed by atoms with Gasteiger partial charge in [-0.1, -0.05) is 41.9 Å². The topological polar surface area (TPSA) is 53.8 Å². The Bertz CT molecular complexity index is 811. The van der Waals surface area contributed by atoms with Gasteiger partial charge in [0.05, 0.1) is 11.6 Å². The number of nitrogens with zero attached hydrogens (tertiary/aromatic N) is 2. The Balaban J connectivity index is 2.00. The van der Waals surface area contributed by atoms with Crippen LogP contribution in [0.4, 0.5) is 0 Å². The molecule has 3 atom stereocenters. The molecule has 0 radical (unpaired) electrons. The minimum absolute atomic E-state index is 0.152. The van der Waals surface area contributed by atoms with Crippen molar-refractivity contribution >= 4 is 21.7 Å². The van der Waals surface area contributed by atoms with E-state index in [0.717, 1.165) is 39.7 Å². The molecular weight excluding hydrogens is 366 g/mol. The smallest absolute Gasteiger partial charge is 0.164 e. The summed E-state index contributed by atoms with van der Waals surface area (Å²) in [5.41, 5.74) is 3.78. The minimum Gasteiger partial charge on any atom is -0.362 e. The van der Waals surface area contributed by atoms with Crippen molar-refractivity contribution < 1.29 is 4.79 Å². The number of rotatable bonds is 2. The summed E-state index contributed by atoms with van der Waals surface area (Å²) in [4.78, 5) is 13.1. The van der Waals surface area contributed by atoms with Crippen LogP contribution in [0.1, 0.15) is 38.7 Å². The summed E-state index contributed by atoms with van der Waals surface area (Å²) >= 11 is 3.58. The van der Waals surface area contributed by atoms with Gasteiger partial charge in [0.1, 0.15) is 0 Å². The maximum absolute atomic E-state index is 13.1. The second-order valence-corrected chi connectivity index (χ2v) is 7.84. The molecule has 0 bridgehead atoms. The number of hydrogen-bond donors (Lipinski definition) is 1. The standard InChI is InChI=1S/C19H20BrN3O/c1-3-19(12-5-4-6-13(20)9-12)14-10-21-23-18(14)22-15-7-11(2)8-16(24)17(15)19/h4-6,9-11,18,22H,3,7-8H2,1-2H3/t11-,18?,19-/m1/s1. The van der Waals surface area contributed by atoms with Crippen LogP contribution in [0.3, 0.4) is 0 Å². The quantitative estimate of drug-likeness (QED) is 0.806. The molecule has 1 aromatic carbocycles. The van der Waals surface area contributed by atoms with Gasteiger partial charge in [0.15, 0.2) is 11.9 Å².